The van der Waals surface area contributed by atoms with Crippen LogP contribution < -0.4 is 0 Å². The van der Waals surface area contributed by atoms with Gasteiger partial charge in [0.1, 0.15) is 19.3 Å². The van der Waals surface area contributed by atoms with Crippen molar-refractivity contribution in [1.29, 1.82) is 0 Å². The van der Waals surface area contributed by atoms with Crippen molar-refractivity contribution in [3.63, 3.8) is 0 Å². The standard InChI is InChI=1S/C86H168O17P2/c1-6-9-12-15-18-21-24-27-30-32-33-34-35-37-39-42-45-52-57-62-67-72-86(91)102-81(75-96-83(88)69-64-59-54-49-43-41-38-36-31-28-25-22-19-16-13-10-7-2)77-100-104(92,93)98-73-80(87)74-99-105(94,95)101-78-82(76-97-84(89)70-65-60-55-50-47-46-48-53-58-63-68-79(4)5)103-85(90)71-66-61-56-51-44-40-29-26-23-20-17-14-11-8-3/h79-82,87H,6-78H2,1-5H3,(H,92,93)(H,94,95)/t80-,81-,82-/m1/s1. The van der Waals surface area contributed by atoms with E-state index >= 15 is 0 Å². The average molecular weight is 1540 g/mol. The molecule has 0 aliphatic carbocycles. The van der Waals surface area contributed by atoms with Gasteiger partial charge in [0.15, 0.2) is 12.2 Å². The van der Waals surface area contributed by atoms with Crippen molar-refractivity contribution < 1.29 is 80.2 Å². The van der Waals surface area contributed by atoms with E-state index in [0.717, 1.165) is 95.8 Å². The normalized spacial score (nSPS) is 13.8. The maximum absolute atomic E-state index is 13.1. The highest BCUT2D eigenvalue weighted by atomic mass is 31.2. The number of phosphoric acid groups is 2. The van der Waals surface area contributed by atoms with Crippen molar-refractivity contribution in [3.8, 4) is 0 Å². The fourth-order valence-electron chi connectivity index (χ4n) is 13.5. The Morgan fingerprint density at radius 1 is 0.257 bits per heavy atom. The molecule has 0 aliphatic rings. The molecule has 19 heteroatoms. The molecule has 0 heterocycles. The molecule has 2 unspecified atom stereocenters. The lowest BCUT2D eigenvalue weighted by Gasteiger charge is -2.21. The first-order valence-corrected chi connectivity index (χ1v) is 47.6. The van der Waals surface area contributed by atoms with Gasteiger partial charge in [-0.15, -0.1) is 0 Å². The second kappa shape index (κ2) is 78.7. The summed E-state index contributed by atoms with van der Waals surface area (Å²) in [6.45, 7) is 7.36. The van der Waals surface area contributed by atoms with Gasteiger partial charge in [0.2, 0.25) is 0 Å². The van der Waals surface area contributed by atoms with Crippen LogP contribution in [0.5, 0.6) is 0 Å². The van der Waals surface area contributed by atoms with Gasteiger partial charge in [-0.2, -0.15) is 0 Å². The lowest BCUT2D eigenvalue weighted by molar-refractivity contribution is -0.161. The molecule has 0 spiro atoms. The lowest BCUT2D eigenvalue weighted by Crippen LogP contribution is -2.30. The molecular weight excluding hydrogens is 1370 g/mol. The Kier molecular flexibility index (Phi) is 77.3. The molecule has 0 rings (SSSR count). The van der Waals surface area contributed by atoms with E-state index in [1.165, 1.54) is 289 Å². The van der Waals surface area contributed by atoms with E-state index < -0.39 is 97.5 Å². The van der Waals surface area contributed by atoms with Gasteiger partial charge in [-0.05, 0) is 31.6 Å². The second-order valence-corrected chi connectivity index (χ2v) is 34.3. The van der Waals surface area contributed by atoms with Crippen molar-refractivity contribution in [2.75, 3.05) is 39.6 Å². The molecule has 0 aromatic carbocycles. The van der Waals surface area contributed by atoms with E-state index in [0.29, 0.717) is 25.7 Å². The van der Waals surface area contributed by atoms with Crippen LogP contribution in [-0.4, -0.2) is 96.7 Å². The number of aliphatic hydroxyl groups is 1. The maximum Gasteiger partial charge on any atom is 0.472 e. The molecule has 0 fully saturated rings. The highest BCUT2D eigenvalue weighted by molar-refractivity contribution is 7.47. The Bertz CT molecular complexity index is 2000. The molecule has 3 N–H and O–H groups in total. The van der Waals surface area contributed by atoms with Crippen molar-refractivity contribution in [3.05, 3.63) is 0 Å². The summed E-state index contributed by atoms with van der Waals surface area (Å²) in [5.74, 6) is -1.34. The summed E-state index contributed by atoms with van der Waals surface area (Å²) in [7, 11) is -9.93. The van der Waals surface area contributed by atoms with Gasteiger partial charge in [-0.1, -0.05) is 413 Å². The number of carbonyl (C=O) groups excluding carboxylic acids is 4. The van der Waals surface area contributed by atoms with Gasteiger partial charge < -0.3 is 33.8 Å². The third kappa shape index (κ3) is 79.9. The zero-order valence-electron chi connectivity index (χ0n) is 68.9. The summed E-state index contributed by atoms with van der Waals surface area (Å²) in [5, 5.41) is 10.7. The van der Waals surface area contributed by atoms with Gasteiger partial charge in [0.25, 0.3) is 0 Å². The number of carbonyl (C=O) groups is 4. The van der Waals surface area contributed by atoms with E-state index in [1.54, 1.807) is 0 Å². The SMILES string of the molecule is CCCCCCCCCCCCCCCCCCCCCCCC(=O)O[C@H](COC(=O)CCCCCCCCCCCCCCCCCCC)COP(=O)(O)OC[C@@H](O)COP(=O)(O)OC[C@@H](COC(=O)CCCCCCCCCCCCC(C)C)OC(=O)CCCCCCCCCCCCCCCC. The Morgan fingerprint density at radius 2 is 0.438 bits per heavy atom. The lowest BCUT2D eigenvalue weighted by atomic mass is 10.0. The summed E-state index contributed by atoms with van der Waals surface area (Å²) in [4.78, 5) is 73.3. The fraction of sp³-hybridized carbons (Fsp3) is 0.953. The van der Waals surface area contributed by atoms with E-state index in [9.17, 15) is 43.2 Å². The number of rotatable bonds is 86. The van der Waals surface area contributed by atoms with Crippen LogP contribution in [0.4, 0.5) is 0 Å². The highest BCUT2D eigenvalue weighted by Crippen LogP contribution is 2.45. The number of esters is 4. The van der Waals surface area contributed by atoms with Gasteiger partial charge in [-0.3, -0.25) is 37.3 Å². The highest BCUT2D eigenvalue weighted by Gasteiger charge is 2.30. The number of aliphatic hydroxyl groups excluding tert-OH is 1. The van der Waals surface area contributed by atoms with Gasteiger partial charge in [0, 0.05) is 25.7 Å². The molecular formula is C86H168O17P2. The third-order valence-electron chi connectivity index (χ3n) is 20.3. The summed E-state index contributed by atoms with van der Waals surface area (Å²) in [5.41, 5.74) is 0. The van der Waals surface area contributed by atoms with E-state index in [1.807, 2.05) is 0 Å². The number of phosphoric ester groups is 2. The van der Waals surface area contributed by atoms with Crippen LogP contribution in [0.15, 0.2) is 0 Å². The summed E-state index contributed by atoms with van der Waals surface area (Å²) < 4.78 is 68.9. The first-order valence-electron chi connectivity index (χ1n) is 44.6. The molecule has 0 aromatic heterocycles. The van der Waals surface area contributed by atoms with Gasteiger partial charge in [0.05, 0.1) is 26.4 Å². The molecule has 5 atom stereocenters. The topological polar surface area (TPSA) is 237 Å². The zero-order valence-corrected chi connectivity index (χ0v) is 70.7. The number of hydrogen-bond donors (Lipinski definition) is 3. The number of hydrogen-bond acceptors (Lipinski definition) is 15. The number of ether oxygens (including phenoxy) is 4. The van der Waals surface area contributed by atoms with Crippen LogP contribution >= 0.6 is 15.6 Å². The molecule has 0 amide bonds. The third-order valence-corrected chi connectivity index (χ3v) is 22.2. The predicted octanol–water partition coefficient (Wildman–Crippen LogP) is 26.4. The second-order valence-electron chi connectivity index (χ2n) is 31.4. The summed E-state index contributed by atoms with van der Waals surface area (Å²) in [6.07, 6.45) is 72.2. The van der Waals surface area contributed by atoms with Crippen LogP contribution in [0.1, 0.15) is 465 Å². The van der Waals surface area contributed by atoms with Crippen molar-refractivity contribution >= 4 is 39.5 Å². The average Bonchev–Trinajstić information content (AvgIpc) is 0.913. The van der Waals surface area contributed by atoms with Crippen LogP contribution in [0, 0.1) is 5.92 Å². The van der Waals surface area contributed by atoms with Gasteiger partial charge >= 0.3 is 39.5 Å². The summed E-state index contributed by atoms with van der Waals surface area (Å²) in [6, 6.07) is 0. The molecule has 0 bridgehead atoms. The van der Waals surface area contributed by atoms with Crippen LogP contribution in [-0.2, 0) is 65.4 Å². The first kappa shape index (κ1) is 103. The monoisotopic (exact) mass is 1540 g/mol. The minimum absolute atomic E-state index is 0.108. The van der Waals surface area contributed by atoms with Crippen LogP contribution in [0.3, 0.4) is 0 Å². The van der Waals surface area contributed by atoms with E-state index in [-0.39, 0.29) is 25.7 Å². The molecule has 624 valence electrons. The molecule has 0 aromatic rings. The smallest absolute Gasteiger partial charge is 0.462 e. The minimum Gasteiger partial charge on any atom is -0.462 e. The van der Waals surface area contributed by atoms with Crippen molar-refractivity contribution in [1.82, 2.24) is 0 Å². The molecule has 17 nitrogen and oxygen atoms in total. The molecule has 0 radical (unpaired) electrons. The number of unbranched alkanes of at least 4 members (excludes halogenated alkanes) is 58. The quantitative estimate of drug-likeness (QED) is 0.0222. The molecule has 105 heavy (non-hydrogen) atoms. The van der Waals surface area contributed by atoms with E-state index in [4.69, 9.17) is 37.0 Å². The van der Waals surface area contributed by atoms with E-state index in [2.05, 4.69) is 34.6 Å². The Hall–Kier alpha value is -1.94. The summed E-state index contributed by atoms with van der Waals surface area (Å²) >= 11 is 0. The van der Waals surface area contributed by atoms with Gasteiger partial charge in [-0.25, -0.2) is 9.13 Å². The maximum atomic E-state index is 13.1. The molecule has 0 saturated heterocycles. The molecule has 0 aliphatic heterocycles. The largest absolute Gasteiger partial charge is 0.472 e. The first-order chi connectivity index (χ1) is 51.0. The fourth-order valence-corrected chi connectivity index (χ4v) is 15.1. The Morgan fingerprint density at radius 3 is 0.648 bits per heavy atom. The van der Waals surface area contributed by atoms with Crippen molar-refractivity contribution in [2.24, 2.45) is 5.92 Å². The van der Waals surface area contributed by atoms with Crippen LogP contribution in [0.25, 0.3) is 0 Å². The predicted molar refractivity (Wildman–Crippen MR) is 432 cm³/mol. The van der Waals surface area contributed by atoms with Crippen molar-refractivity contribution in [2.45, 2.75) is 483 Å². The zero-order chi connectivity index (χ0) is 76.9. The molecule has 0 saturated carbocycles. The van der Waals surface area contributed by atoms with Crippen LogP contribution in [0.2, 0.25) is 0 Å². The Labute approximate surface area is 645 Å². The Balaban J connectivity index is 5.25. The minimum atomic E-state index is -4.97.